The number of nitrogens with zero attached hydrogens (tertiary/aromatic N) is 2. The Morgan fingerprint density at radius 3 is 2.81 bits per heavy atom. The highest BCUT2D eigenvalue weighted by Crippen LogP contribution is 2.35. The predicted octanol–water partition coefficient (Wildman–Crippen LogP) is 4.37. The van der Waals surface area contributed by atoms with E-state index in [1.54, 1.807) is 12.1 Å². The average molecular weight is 373 g/mol. The summed E-state index contributed by atoms with van der Waals surface area (Å²) in [5.41, 5.74) is 2.89. The number of nitrogens with one attached hydrogen (secondary N) is 1. The van der Waals surface area contributed by atoms with Gasteiger partial charge in [-0.25, -0.2) is 0 Å². The lowest BCUT2D eigenvalue weighted by Gasteiger charge is -2.37. The van der Waals surface area contributed by atoms with Gasteiger partial charge in [0.25, 0.3) is 0 Å². The van der Waals surface area contributed by atoms with Crippen molar-refractivity contribution in [3.05, 3.63) is 59.2 Å². The van der Waals surface area contributed by atoms with Crippen molar-refractivity contribution in [2.45, 2.75) is 31.5 Å². The van der Waals surface area contributed by atoms with Crippen LogP contribution in [0.4, 0.5) is 24.5 Å². The van der Waals surface area contributed by atoms with Gasteiger partial charge < -0.3 is 10.2 Å². The molecule has 0 aromatic heterocycles. The van der Waals surface area contributed by atoms with Crippen molar-refractivity contribution >= 4 is 17.6 Å². The highest BCUT2D eigenvalue weighted by molar-refractivity contribution is 5.77. The normalized spacial score (nSPS) is 19.4. The molecule has 1 atom stereocenters. The first-order valence-electron chi connectivity index (χ1n) is 9.30. The summed E-state index contributed by atoms with van der Waals surface area (Å²) in [4.78, 5) is 6.95. The van der Waals surface area contributed by atoms with Gasteiger partial charge in [0, 0.05) is 38.3 Å². The number of rotatable bonds is 3. The minimum atomic E-state index is -4.31. The number of hydrogen-bond acceptors (Lipinski definition) is 3. The number of hydrogen-bond donors (Lipinski definition) is 1. The molecule has 2 aliphatic rings. The van der Waals surface area contributed by atoms with Crippen LogP contribution in [-0.2, 0) is 19.0 Å². The minimum absolute atomic E-state index is 0.345. The number of halogens is 3. The number of fused-ring (bicyclic) bond motifs is 3. The molecule has 0 amide bonds. The molecule has 1 N–H and O–H groups in total. The van der Waals surface area contributed by atoms with Crippen molar-refractivity contribution in [3.8, 4) is 0 Å². The molecular formula is C21H22F3N3. The van der Waals surface area contributed by atoms with Gasteiger partial charge in [-0.05, 0) is 42.2 Å². The zero-order valence-corrected chi connectivity index (χ0v) is 15.0. The van der Waals surface area contributed by atoms with Crippen molar-refractivity contribution in [1.29, 1.82) is 0 Å². The van der Waals surface area contributed by atoms with Crippen LogP contribution in [0.2, 0.25) is 0 Å². The Hall–Kier alpha value is -2.34. The summed E-state index contributed by atoms with van der Waals surface area (Å²) in [6.07, 6.45) is -0.512. The molecule has 3 nitrogen and oxygen atoms in total. The van der Waals surface area contributed by atoms with E-state index in [-0.39, 0.29) is 0 Å². The Kier molecular flexibility index (Phi) is 4.91. The predicted molar refractivity (Wildman–Crippen MR) is 102 cm³/mol. The third-order valence-corrected chi connectivity index (χ3v) is 5.31. The fraction of sp³-hybridized carbons (Fsp3) is 0.381. The average Bonchev–Trinajstić information content (AvgIpc) is 2.85. The van der Waals surface area contributed by atoms with Gasteiger partial charge in [0.15, 0.2) is 0 Å². The van der Waals surface area contributed by atoms with E-state index in [1.807, 2.05) is 18.3 Å². The summed E-state index contributed by atoms with van der Waals surface area (Å²) in [7, 11) is 0. The Labute approximate surface area is 156 Å². The number of piperazine rings is 1. The topological polar surface area (TPSA) is 27.6 Å². The molecule has 2 heterocycles. The minimum Gasteiger partial charge on any atom is -0.364 e. The van der Waals surface area contributed by atoms with Crippen LogP contribution in [0.25, 0.3) is 0 Å². The molecule has 0 saturated carbocycles. The van der Waals surface area contributed by atoms with Crippen LogP contribution in [0.3, 0.4) is 0 Å². The van der Waals surface area contributed by atoms with Crippen molar-refractivity contribution < 1.29 is 13.2 Å². The van der Waals surface area contributed by atoms with Gasteiger partial charge in [-0.15, -0.1) is 0 Å². The van der Waals surface area contributed by atoms with Gasteiger partial charge >= 0.3 is 6.18 Å². The molecule has 2 aromatic rings. The number of anilines is 1. The molecule has 1 unspecified atom stereocenters. The van der Waals surface area contributed by atoms with Gasteiger partial charge in [-0.3, -0.25) is 4.99 Å². The van der Waals surface area contributed by atoms with Gasteiger partial charge in [0.2, 0.25) is 0 Å². The maximum absolute atomic E-state index is 13.2. The van der Waals surface area contributed by atoms with Crippen LogP contribution in [-0.4, -0.2) is 31.9 Å². The summed E-state index contributed by atoms with van der Waals surface area (Å²) in [6.45, 7) is 2.77. The second kappa shape index (κ2) is 7.35. The van der Waals surface area contributed by atoms with Crippen molar-refractivity contribution in [2.24, 2.45) is 4.99 Å². The largest absolute Gasteiger partial charge is 0.416 e. The second-order valence-electron chi connectivity index (χ2n) is 7.08. The maximum Gasteiger partial charge on any atom is 0.416 e. The van der Waals surface area contributed by atoms with Gasteiger partial charge in [0.1, 0.15) is 0 Å². The lowest BCUT2D eigenvalue weighted by molar-refractivity contribution is -0.138. The standard InChI is InChI=1S/C21H22F3N3/c22-21(23,24)18-4-2-1-3-16(18)7-5-15-6-8-19-20(13-15)27-12-11-25-14-17(27)9-10-26-19/h1-4,6,8,10,13,17,25H,5,7,9,11-12,14H2. The van der Waals surface area contributed by atoms with Gasteiger partial charge in [-0.1, -0.05) is 24.3 Å². The number of benzene rings is 2. The van der Waals surface area contributed by atoms with E-state index in [9.17, 15) is 13.2 Å². The summed E-state index contributed by atoms with van der Waals surface area (Å²) in [5, 5.41) is 3.41. The van der Waals surface area contributed by atoms with Crippen LogP contribution in [0.15, 0.2) is 47.5 Å². The van der Waals surface area contributed by atoms with Gasteiger partial charge in [-0.2, -0.15) is 13.2 Å². The van der Waals surface area contributed by atoms with Gasteiger partial charge in [0.05, 0.1) is 16.9 Å². The summed E-state index contributed by atoms with van der Waals surface area (Å²) < 4.78 is 39.6. The SMILES string of the molecule is FC(F)(F)c1ccccc1CCc1ccc2c(c1)N1CCNCC1CC=N2. The first-order chi connectivity index (χ1) is 13.0. The number of aryl methyl sites for hydroxylation is 2. The van der Waals surface area contributed by atoms with Crippen molar-refractivity contribution in [2.75, 3.05) is 24.5 Å². The molecule has 142 valence electrons. The molecule has 2 aliphatic heterocycles. The Bertz CT molecular complexity index is 845. The van der Waals surface area contributed by atoms with Crippen molar-refractivity contribution in [3.63, 3.8) is 0 Å². The fourth-order valence-corrected chi connectivity index (χ4v) is 3.92. The van der Waals surface area contributed by atoms with E-state index in [4.69, 9.17) is 0 Å². The van der Waals surface area contributed by atoms with E-state index in [1.165, 1.54) is 6.07 Å². The first-order valence-corrected chi connectivity index (χ1v) is 9.30. The molecular weight excluding hydrogens is 351 g/mol. The van der Waals surface area contributed by atoms with Crippen LogP contribution < -0.4 is 10.2 Å². The van der Waals surface area contributed by atoms with Crippen LogP contribution in [0, 0.1) is 0 Å². The first kappa shape index (κ1) is 18.0. The zero-order valence-electron chi connectivity index (χ0n) is 15.0. The monoisotopic (exact) mass is 373 g/mol. The number of aliphatic imine (C=N–C) groups is 1. The van der Waals surface area contributed by atoms with Crippen molar-refractivity contribution in [1.82, 2.24) is 5.32 Å². The molecule has 4 rings (SSSR count). The molecule has 1 saturated heterocycles. The fourth-order valence-electron chi connectivity index (χ4n) is 3.92. The molecule has 1 fully saturated rings. The maximum atomic E-state index is 13.2. The molecule has 6 heteroatoms. The Balaban J connectivity index is 1.57. The third-order valence-electron chi connectivity index (χ3n) is 5.31. The number of alkyl halides is 3. The van der Waals surface area contributed by atoms with Crippen LogP contribution in [0.1, 0.15) is 23.1 Å². The third kappa shape index (κ3) is 3.86. The zero-order chi connectivity index (χ0) is 18.9. The quantitative estimate of drug-likeness (QED) is 0.865. The van der Waals surface area contributed by atoms with E-state index in [0.29, 0.717) is 24.4 Å². The molecule has 27 heavy (non-hydrogen) atoms. The van der Waals surface area contributed by atoms with E-state index in [0.717, 1.165) is 49.1 Å². The Morgan fingerprint density at radius 2 is 1.96 bits per heavy atom. The van der Waals surface area contributed by atoms with Crippen LogP contribution >= 0.6 is 0 Å². The summed E-state index contributed by atoms with van der Waals surface area (Å²) in [6, 6.07) is 12.3. The smallest absolute Gasteiger partial charge is 0.364 e. The highest BCUT2D eigenvalue weighted by Gasteiger charge is 2.32. The molecule has 0 radical (unpaired) electrons. The summed E-state index contributed by atoms with van der Waals surface area (Å²) >= 11 is 0. The van der Waals surface area contributed by atoms with E-state index < -0.39 is 11.7 Å². The molecule has 0 aliphatic carbocycles. The lowest BCUT2D eigenvalue weighted by atomic mass is 9.98. The lowest BCUT2D eigenvalue weighted by Crippen LogP contribution is -2.51. The Morgan fingerprint density at radius 1 is 1.11 bits per heavy atom. The molecule has 2 aromatic carbocycles. The summed E-state index contributed by atoms with van der Waals surface area (Å²) in [5.74, 6) is 0. The van der Waals surface area contributed by atoms with E-state index >= 15 is 0 Å². The van der Waals surface area contributed by atoms with Crippen LogP contribution in [0.5, 0.6) is 0 Å². The van der Waals surface area contributed by atoms with E-state index in [2.05, 4.69) is 21.3 Å². The molecule has 0 bridgehead atoms. The second-order valence-corrected chi connectivity index (χ2v) is 7.08. The molecule has 0 spiro atoms. The highest BCUT2D eigenvalue weighted by atomic mass is 19.4.